The van der Waals surface area contributed by atoms with E-state index in [1.54, 1.807) is 0 Å². The Balaban J connectivity index is 1.66. The van der Waals surface area contributed by atoms with Crippen LogP contribution in [0.4, 0.5) is 5.69 Å². The monoisotopic (exact) mass is 372 g/mol. The Morgan fingerprint density at radius 3 is 2.76 bits per heavy atom. The molecule has 2 aromatic carbocycles. The van der Waals surface area contributed by atoms with Crippen molar-refractivity contribution in [2.24, 2.45) is 7.05 Å². The fourth-order valence-electron chi connectivity index (χ4n) is 2.37. The Morgan fingerprint density at radius 2 is 2.00 bits per heavy atom. The number of carbonyl (C=O) groups excluding carboxylic acids is 1. The van der Waals surface area contributed by atoms with Gasteiger partial charge in [-0.1, -0.05) is 47.6 Å². The van der Waals surface area contributed by atoms with E-state index in [2.05, 4.69) is 15.5 Å². The third kappa shape index (κ3) is 4.21. The Morgan fingerprint density at radius 1 is 1.20 bits per heavy atom. The summed E-state index contributed by atoms with van der Waals surface area (Å²) in [5, 5.41) is 12.5. The molecule has 0 unspecified atom stereocenters. The van der Waals surface area contributed by atoms with Crippen molar-refractivity contribution in [1.29, 1.82) is 0 Å². The third-order valence-corrected chi connectivity index (χ3v) is 4.93. The highest BCUT2D eigenvalue weighted by Gasteiger charge is 2.14. The summed E-state index contributed by atoms with van der Waals surface area (Å²) in [4.78, 5) is 12.1. The molecule has 5 nitrogen and oxygen atoms in total. The van der Waals surface area contributed by atoms with Crippen LogP contribution in [0.2, 0.25) is 5.02 Å². The number of halogens is 1. The van der Waals surface area contributed by atoms with E-state index < -0.39 is 0 Å². The Bertz CT molecular complexity index is 910. The second-order valence-electron chi connectivity index (χ2n) is 5.55. The van der Waals surface area contributed by atoms with Gasteiger partial charge in [0.25, 0.3) is 0 Å². The quantitative estimate of drug-likeness (QED) is 0.683. The zero-order valence-corrected chi connectivity index (χ0v) is 15.4. The van der Waals surface area contributed by atoms with Gasteiger partial charge in [-0.05, 0) is 36.8 Å². The minimum absolute atomic E-state index is 0.0853. The Hall–Kier alpha value is -2.31. The smallest absolute Gasteiger partial charge is 0.234 e. The molecule has 0 aliphatic rings. The molecule has 0 bridgehead atoms. The normalized spacial score (nSPS) is 10.7. The summed E-state index contributed by atoms with van der Waals surface area (Å²) in [7, 11) is 1.86. The van der Waals surface area contributed by atoms with Gasteiger partial charge in [-0.15, -0.1) is 10.2 Å². The lowest BCUT2D eigenvalue weighted by Gasteiger charge is -2.07. The molecule has 1 aromatic heterocycles. The summed E-state index contributed by atoms with van der Waals surface area (Å²) in [5.41, 5.74) is 2.71. The molecule has 0 aliphatic carbocycles. The Kier molecular flexibility index (Phi) is 5.40. The van der Waals surface area contributed by atoms with Crippen LogP contribution in [0.25, 0.3) is 11.4 Å². The van der Waals surface area contributed by atoms with Crippen LogP contribution in [-0.4, -0.2) is 26.4 Å². The predicted octanol–water partition coefficient (Wildman–Crippen LogP) is 4.17. The largest absolute Gasteiger partial charge is 0.325 e. The van der Waals surface area contributed by atoms with Crippen LogP contribution in [0.5, 0.6) is 0 Å². The van der Waals surface area contributed by atoms with Gasteiger partial charge < -0.3 is 9.88 Å². The number of nitrogens with zero attached hydrogens (tertiary/aromatic N) is 3. The number of anilines is 1. The summed E-state index contributed by atoms with van der Waals surface area (Å²) in [6.07, 6.45) is 0. The van der Waals surface area contributed by atoms with Crippen molar-refractivity contribution in [3.8, 4) is 11.4 Å². The molecule has 3 aromatic rings. The van der Waals surface area contributed by atoms with E-state index in [-0.39, 0.29) is 11.7 Å². The SMILES string of the molecule is Cc1cccc(NC(=O)CSc2nnc(-c3ccccc3Cl)n2C)c1. The molecular formula is C18H17ClN4OS. The van der Waals surface area contributed by atoms with Crippen LogP contribution in [0.1, 0.15) is 5.56 Å². The second kappa shape index (κ2) is 7.72. The van der Waals surface area contributed by atoms with Crippen LogP contribution in [0.3, 0.4) is 0 Å². The first-order valence-electron chi connectivity index (χ1n) is 7.68. The summed E-state index contributed by atoms with van der Waals surface area (Å²) >= 11 is 7.55. The van der Waals surface area contributed by atoms with Gasteiger partial charge in [-0.3, -0.25) is 4.79 Å². The molecule has 25 heavy (non-hydrogen) atoms. The zero-order valence-electron chi connectivity index (χ0n) is 13.9. The third-order valence-electron chi connectivity index (χ3n) is 3.58. The molecule has 3 rings (SSSR count). The van der Waals surface area contributed by atoms with Gasteiger partial charge >= 0.3 is 0 Å². The lowest BCUT2D eigenvalue weighted by molar-refractivity contribution is -0.113. The van der Waals surface area contributed by atoms with E-state index in [1.165, 1.54) is 11.8 Å². The summed E-state index contributed by atoms with van der Waals surface area (Å²) in [6.45, 7) is 1.99. The van der Waals surface area contributed by atoms with Crippen molar-refractivity contribution >= 4 is 35.0 Å². The van der Waals surface area contributed by atoms with Crippen LogP contribution in [-0.2, 0) is 11.8 Å². The first-order chi connectivity index (χ1) is 12.0. The number of aromatic nitrogens is 3. The molecule has 0 saturated carbocycles. The van der Waals surface area contributed by atoms with Crippen molar-refractivity contribution in [2.45, 2.75) is 12.1 Å². The van der Waals surface area contributed by atoms with E-state index in [0.717, 1.165) is 16.8 Å². The van der Waals surface area contributed by atoms with Crippen LogP contribution < -0.4 is 5.32 Å². The first-order valence-corrected chi connectivity index (χ1v) is 9.04. The van der Waals surface area contributed by atoms with E-state index in [9.17, 15) is 4.79 Å². The lowest BCUT2D eigenvalue weighted by Crippen LogP contribution is -2.14. The van der Waals surface area contributed by atoms with Gasteiger partial charge in [0.1, 0.15) is 0 Å². The molecule has 0 saturated heterocycles. The number of carbonyl (C=O) groups is 1. The van der Waals surface area contributed by atoms with Crippen molar-refractivity contribution in [1.82, 2.24) is 14.8 Å². The molecule has 0 aliphatic heterocycles. The summed E-state index contributed by atoms with van der Waals surface area (Å²) in [5.74, 6) is 0.840. The molecule has 7 heteroatoms. The minimum Gasteiger partial charge on any atom is -0.325 e. The summed E-state index contributed by atoms with van der Waals surface area (Å²) < 4.78 is 1.84. The highest BCUT2D eigenvalue weighted by molar-refractivity contribution is 7.99. The van der Waals surface area contributed by atoms with Crippen LogP contribution in [0, 0.1) is 6.92 Å². The van der Waals surface area contributed by atoms with Gasteiger partial charge in [0.05, 0.1) is 10.8 Å². The van der Waals surface area contributed by atoms with Gasteiger partial charge in [-0.25, -0.2) is 0 Å². The maximum atomic E-state index is 12.1. The number of amides is 1. The molecule has 1 heterocycles. The number of benzene rings is 2. The molecule has 1 N–H and O–H groups in total. The maximum absolute atomic E-state index is 12.1. The fraction of sp³-hybridized carbons (Fsp3) is 0.167. The minimum atomic E-state index is -0.0853. The van der Waals surface area contributed by atoms with Gasteiger partial charge in [0.15, 0.2) is 11.0 Å². The summed E-state index contributed by atoms with van der Waals surface area (Å²) in [6, 6.07) is 15.2. The molecule has 1 amide bonds. The van der Waals surface area contributed by atoms with Crippen LogP contribution >= 0.6 is 23.4 Å². The molecule has 128 valence electrons. The van der Waals surface area contributed by atoms with Crippen LogP contribution in [0.15, 0.2) is 53.7 Å². The van der Waals surface area contributed by atoms with Crippen molar-refractivity contribution < 1.29 is 4.79 Å². The number of aryl methyl sites for hydroxylation is 1. The molecule has 0 fully saturated rings. The number of hydrogen-bond acceptors (Lipinski definition) is 4. The van der Waals surface area contributed by atoms with E-state index in [0.29, 0.717) is 16.0 Å². The van der Waals surface area contributed by atoms with Crippen molar-refractivity contribution in [2.75, 3.05) is 11.1 Å². The zero-order chi connectivity index (χ0) is 17.8. The second-order valence-corrected chi connectivity index (χ2v) is 6.90. The maximum Gasteiger partial charge on any atom is 0.234 e. The first kappa shape index (κ1) is 17.5. The van der Waals surface area contributed by atoms with Gasteiger partial charge in [0, 0.05) is 18.3 Å². The average Bonchev–Trinajstić information content (AvgIpc) is 2.94. The van der Waals surface area contributed by atoms with E-state index in [4.69, 9.17) is 11.6 Å². The number of nitrogens with one attached hydrogen (secondary N) is 1. The van der Waals surface area contributed by atoms with E-state index >= 15 is 0 Å². The molecule has 0 spiro atoms. The fourth-order valence-corrected chi connectivity index (χ4v) is 3.30. The van der Waals surface area contributed by atoms with E-state index in [1.807, 2.05) is 67.1 Å². The number of hydrogen-bond donors (Lipinski definition) is 1. The highest BCUT2D eigenvalue weighted by atomic mass is 35.5. The molecular weight excluding hydrogens is 356 g/mol. The number of thioether (sulfide) groups is 1. The van der Waals surface area contributed by atoms with Crippen molar-refractivity contribution in [3.05, 3.63) is 59.1 Å². The standard InChI is InChI=1S/C18H17ClN4OS/c1-12-6-5-7-13(10-12)20-16(24)11-25-18-22-21-17(23(18)2)14-8-3-4-9-15(14)19/h3-10H,11H2,1-2H3,(H,20,24). The highest BCUT2D eigenvalue weighted by Crippen LogP contribution is 2.28. The Labute approximate surface area is 155 Å². The average molecular weight is 373 g/mol. The topological polar surface area (TPSA) is 59.8 Å². The molecule has 0 radical (unpaired) electrons. The molecule has 0 atom stereocenters. The van der Waals surface area contributed by atoms with Gasteiger partial charge in [0.2, 0.25) is 5.91 Å². The number of rotatable bonds is 5. The van der Waals surface area contributed by atoms with Crippen molar-refractivity contribution in [3.63, 3.8) is 0 Å². The lowest BCUT2D eigenvalue weighted by atomic mass is 10.2. The van der Waals surface area contributed by atoms with Gasteiger partial charge in [-0.2, -0.15) is 0 Å². The predicted molar refractivity (Wildman–Crippen MR) is 102 cm³/mol.